The zero-order valence-corrected chi connectivity index (χ0v) is 15.2. The number of aromatic nitrogens is 2. The highest BCUT2D eigenvalue weighted by molar-refractivity contribution is 9.10. The highest BCUT2D eigenvalue weighted by Gasteiger charge is 2.44. The molecule has 2 rings (SSSR count). The fraction of sp³-hybridized carbons (Fsp3) is 0.692. The van der Waals surface area contributed by atoms with Gasteiger partial charge in [0.2, 0.25) is 0 Å². The van der Waals surface area contributed by atoms with E-state index in [1.165, 1.54) is 0 Å². The molecule has 1 amide bonds. The Bertz CT molecular complexity index is 510. The van der Waals surface area contributed by atoms with E-state index < -0.39 is 13.7 Å². The largest absolute Gasteiger partial charge is 0.444 e. The predicted octanol–water partition coefficient (Wildman–Crippen LogP) is 3.71. The summed E-state index contributed by atoms with van der Waals surface area (Å²) in [5.41, 5.74) is 0.505. The van der Waals surface area contributed by atoms with Crippen molar-refractivity contribution in [3.05, 3.63) is 16.6 Å². The molecule has 0 radical (unpaired) electrons. The highest BCUT2D eigenvalue weighted by atomic mass is 79.9. The predicted molar refractivity (Wildman–Crippen MR) is 84.3 cm³/mol. The lowest BCUT2D eigenvalue weighted by Crippen LogP contribution is -2.39. The molecule has 1 atom stereocenters. The summed E-state index contributed by atoms with van der Waals surface area (Å²) in [4.78, 5) is 21.6. The van der Waals surface area contributed by atoms with Crippen LogP contribution in [0.15, 0.2) is 10.9 Å². The van der Waals surface area contributed by atoms with E-state index in [2.05, 4.69) is 39.0 Å². The molecule has 1 aliphatic rings. The molecule has 0 saturated carbocycles. The van der Waals surface area contributed by atoms with Crippen LogP contribution in [0.2, 0.25) is 19.1 Å². The van der Waals surface area contributed by atoms with Gasteiger partial charge in [0.15, 0.2) is 4.73 Å². The number of H-pyrrole nitrogens is 1. The van der Waals surface area contributed by atoms with Crippen LogP contribution in [0.5, 0.6) is 0 Å². The number of imidazole rings is 1. The number of hydrogen-bond acceptors (Lipinski definition) is 3. The second kappa shape index (κ2) is 5.18. The highest BCUT2D eigenvalue weighted by Crippen LogP contribution is 2.38. The molecule has 112 valence electrons. The first-order valence-corrected chi connectivity index (χ1v) is 11.0. The minimum absolute atomic E-state index is 0.0466. The molecule has 1 aromatic rings. The Morgan fingerprint density at radius 1 is 1.55 bits per heavy atom. The first-order chi connectivity index (χ1) is 9.07. The van der Waals surface area contributed by atoms with Gasteiger partial charge in [-0.1, -0.05) is 13.1 Å². The standard InChI is InChI=1S/C13H22BrN3O2Si/c1-13(2,3)19-12(18)17-8-20(4,5)7-10(17)9-6-15-11(14)16-9/h6,10H,7-8H2,1-5H3,(H,15,16). The van der Waals surface area contributed by atoms with E-state index in [1.54, 1.807) is 6.20 Å². The summed E-state index contributed by atoms with van der Waals surface area (Å²) in [5.74, 6) is 0. The van der Waals surface area contributed by atoms with Gasteiger partial charge in [0, 0.05) is 6.17 Å². The van der Waals surface area contributed by atoms with Crippen LogP contribution in [-0.2, 0) is 4.74 Å². The molecule has 1 N–H and O–H groups in total. The number of nitrogens with one attached hydrogen (secondary N) is 1. The number of amides is 1. The van der Waals surface area contributed by atoms with Crippen molar-refractivity contribution in [1.82, 2.24) is 14.9 Å². The van der Waals surface area contributed by atoms with Gasteiger partial charge in [0.25, 0.3) is 0 Å². The molecular weight excluding hydrogens is 338 g/mol. The molecule has 0 bridgehead atoms. The normalized spacial score (nSPS) is 22.1. The van der Waals surface area contributed by atoms with Gasteiger partial charge < -0.3 is 14.6 Å². The summed E-state index contributed by atoms with van der Waals surface area (Å²) in [7, 11) is -1.42. The van der Waals surface area contributed by atoms with Gasteiger partial charge in [-0.05, 0) is 42.7 Å². The van der Waals surface area contributed by atoms with Crippen LogP contribution in [0, 0.1) is 0 Å². The quantitative estimate of drug-likeness (QED) is 0.777. The van der Waals surface area contributed by atoms with Crippen LogP contribution in [0.1, 0.15) is 32.5 Å². The molecule has 1 fully saturated rings. The molecule has 1 aromatic heterocycles. The van der Waals surface area contributed by atoms with Crippen LogP contribution in [-0.4, -0.2) is 40.8 Å². The fourth-order valence-electron chi connectivity index (χ4n) is 2.54. The van der Waals surface area contributed by atoms with E-state index in [0.717, 1.165) is 17.9 Å². The first kappa shape index (κ1) is 15.6. The number of carbonyl (C=O) groups excluding carboxylic acids is 1. The fourth-order valence-corrected chi connectivity index (χ4v) is 5.76. The molecule has 7 heteroatoms. The minimum Gasteiger partial charge on any atom is -0.444 e. The second-order valence-electron chi connectivity index (χ2n) is 7.12. The summed E-state index contributed by atoms with van der Waals surface area (Å²) in [6, 6.07) is 1.08. The van der Waals surface area contributed by atoms with Crippen molar-refractivity contribution in [2.75, 3.05) is 6.17 Å². The average molecular weight is 360 g/mol. The molecular formula is C13H22BrN3O2Si. The summed E-state index contributed by atoms with van der Waals surface area (Å²) >= 11 is 3.32. The first-order valence-electron chi connectivity index (χ1n) is 6.77. The Balaban J connectivity index is 2.22. The van der Waals surface area contributed by atoms with Gasteiger partial charge in [0.1, 0.15) is 5.60 Å². The van der Waals surface area contributed by atoms with E-state index in [9.17, 15) is 4.79 Å². The summed E-state index contributed by atoms with van der Waals surface area (Å²) in [5, 5.41) is 0. The molecule has 0 spiro atoms. The number of carbonyl (C=O) groups is 1. The number of halogens is 1. The zero-order valence-electron chi connectivity index (χ0n) is 12.7. The third-order valence-corrected chi connectivity index (χ3v) is 6.36. The summed E-state index contributed by atoms with van der Waals surface area (Å²) in [6.45, 7) is 10.3. The number of rotatable bonds is 1. The lowest BCUT2D eigenvalue weighted by molar-refractivity contribution is 0.0232. The topological polar surface area (TPSA) is 58.2 Å². The number of nitrogens with zero attached hydrogens (tertiary/aromatic N) is 2. The average Bonchev–Trinajstić information content (AvgIpc) is 2.79. The molecule has 2 heterocycles. The van der Waals surface area contributed by atoms with Gasteiger partial charge in [-0.3, -0.25) is 0 Å². The van der Waals surface area contributed by atoms with Crippen LogP contribution < -0.4 is 0 Å². The van der Waals surface area contributed by atoms with Crippen LogP contribution in [0.25, 0.3) is 0 Å². The van der Waals surface area contributed by atoms with E-state index in [-0.39, 0.29) is 12.1 Å². The Labute approximate surface area is 129 Å². The van der Waals surface area contributed by atoms with Crippen LogP contribution in [0.4, 0.5) is 4.79 Å². The summed E-state index contributed by atoms with van der Waals surface area (Å²) < 4.78 is 6.23. The van der Waals surface area contributed by atoms with Crippen molar-refractivity contribution >= 4 is 30.1 Å². The molecule has 1 saturated heterocycles. The minimum atomic E-state index is -1.42. The maximum absolute atomic E-state index is 12.4. The van der Waals surface area contributed by atoms with E-state index in [4.69, 9.17) is 4.74 Å². The van der Waals surface area contributed by atoms with Crippen molar-refractivity contribution in [2.45, 2.75) is 51.6 Å². The van der Waals surface area contributed by atoms with Gasteiger partial charge in [-0.15, -0.1) is 0 Å². The number of hydrogen-bond donors (Lipinski definition) is 1. The Hall–Kier alpha value is -0.823. The Morgan fingerprint density at radius 3 is 2.70 bits per heavy atom. The number of ether oxygens (including phenoxy) is 1. The Kier molecular flexibility index (Phi) is 4.03. The second-order valence-corrected chi connectivity index (χ2v) is 12.9. The van der Waals surface area contributed by atoms with E-state index in [0.29, 0.717) is 4.73 Å². The van der Waals surface area contributed by atoms with Crippen molar-refractivity contribution in [3.63, 3.8) is 0 Å². The molecule has 20 heavy (non-hydrogen) atoms. The monoisotopic (exact) mass is 359 g/mol. The van der Waals surface area contributed by atoms with E-state index in [1.807, 2.05) is 25.7 Å². The van der Waals surface area contributed by atoms with Crippen molar-refractivity contribution in [3.8, 4) is 0 Å². The van der Waals surface area contributed by atoms with Gasteiger partial charge in [-0.25, -0.2) is 9.78 Å². The van der Waals surface area contributed by atoms with Crippen molar-refractivity contribution in [1.29, 1.82) is 0 Å². The van der Waals surface area contributed by atoms with Crippen molar-refractivity contribution < 1.29 is 9.53 Å². The third-order valence-electron chi connectivity index (χ3n) is 3.27. The smallest absolute Gasteiger partial charge is 0.410 e. The molecule has 0 aromatic carbocycles. The molecule has 0 aliphatic carbocycles. The van der Waals surface area contributed by atoms with Gasteiger partial charge in [-0.2, -0.15) is 0 Å². The third kappa shape index (κ3) is 3.63. The lowest BCUT2D eigenvalue weighted by atomic mass is 10.2. The van der Waals surface area contributed by atoms with Gasteiger partial charge >= 0.3 is 6.09 Å². The Morgan fingerprint density at radius 2 is 2.20 bits per heavy atom. The van der Waals surface area contributed by atoms with Crippen LogP contribution >= 0.6 is 15.9 Å². The van der Waals surface area contributed by atoms with Gasteiger partial charge in [0.05, 0.1) is 26.0 Å². The lowest BCUT2D eigenvalue weighted by Gasteiger charge is -2.28. The summed E-state index contributed by atoms with van der Waals surface area (Å²) in [6.07, 6.45) is 2.39. The zero-order chi connectivity index (χ0) is 15.1. The maximum atomic E-state index is 12.4. The van der Waals surface area contributed by atoms with E-state index >= 15 is 0 Å². The molecule has 5 nitrogen and oxygen atoms in total. The SMILES string of the molecule is CC(C)(C)OC(=O)N1C[Si](C)(C)CC1c1cnc(Br)[nH]1. The maximum Gasteiger partial charge on any atom is 0.410 e. The molecule has 1 unspecified atom stereocenters. The molecule has 1 aliphatic heterocycles. The number of aromatic amines is 1. The van der Waals surface area contributed by atoms with Crippen molar-refractivity contribution in [2.24, 2.45) is 0 Å². The van der Waals surface area contributed by atoms with Crippen LogP contribution in [0.3, 0.4) is 0 Å².